The highest BCUT2D eigenvalue weighted by molar-refractivity contribution is 7.99. The topological polar surface area (TPSA) is 12.0 Å². The van der Waals surface area contributed by atoms with Gasteiger partial charge in [-0.25, -0.2) is 0 Å². The second kappa shape index (κ2) is 4.88. The third-order valence-corrected chi connectivity index (χ3v) is 5.30. The lowest BCUT2D eigenvalue weighted by Gasteiger charge is -2.21. The Morgan fingerprint density at radius 3 is 3.00 bits per heavy atom. The fraction of sp³-hybridized carbons (Fsp3) is 0.600. The van der Waals surface area contributed by atoms with E-state index in [0.29, 0.717) is 6.04 Å². The quantitative estimate of drug-likeness (QED) is 0.879. The van der Waals surface area contributed by atoms with Gasteiger partial charge in [-0.2, -0.15) is 11.8 Å². The molecule has 0 amide bonds. The molecule has 2 unspecified atom stereocenters. The SMILES string of the molecule is CNC(c1sccc1Cl)C1CCSC1. The highest BCUT2D eigenvalue weighted by Gasteiger charge is 2.27. The summed E-state index contributed by atoms with van der Waals surface area (Å²) in [5.74, 6) is 3.31. The fourth-order valence-electron chi connectivity index (χ4n) is 1.92. The first-order valence-corrected chi connectivity index (χ1v) is 7.22. The molecule has 2 atom stereocenters. The van der Waals surface area contributed by atoms with Gasteiger partial charge in [-0.1, -0.05) is 11.6 Å². The molecule has 0 bridgehead atoms. The number of thioether (sulfide) groups is 1. The molecule has 14 heavy (non-hydrogen) atoms. The van der Waals surface area contributed by atoms with Crippen LogP contribution >= 0.6 is 34.7 Å². The van der Waals surface area contributed by atoms with Crippen LogP contribution in [0.25, 0.3) is 0 Å². The van der Waals surface area contributed by atoms with Gasteiger partial charge in [-0.15, -0.1) is 11.3 Å². The first-order valence-electron chi connectivity index (χ1n) is 4.81. The molecule has 1 aliphatic heterocycles. The van der Waals surface area contributed by atoms with Gasteiger partial charge < -0.3 is 5.32 Å². The standard InChI is InChI=1S/C10H14ClNS2/c1-12-9(7-2-4-13-6-7)10-8(11)3-5-14-10/h3,5,7,9,12H,2,4,6H2,1H3. The zero-order chi connectivity index (χ0) is 9.97. The monoisotopic (exact) mass is 247 g/mol. The summed E-state index contributed by atoms with van der Waals surface area (Å²) < 4.78 is 0. The molecule has 1 nitrogen and oxygen atoms in total. The van der Waals surface area contributed by atoms with Crippen LogP contribution in [-0.4, -0.2) is 18.6 Å². The minimum atomic E-state index is 0.456. The van der Waals surface area contributed by atoms with Crippen LogP contribution in [0.5, 0.6) is 0 Å². The van der Waals surface area contributed by atoms with Crippen LogP contribution in [-0.2, 0) is 0 Å². The van der Waals surface area contributed by atoms with E-state index >= 15 is 0 Å². The average Bonchev–Trinajstić information content (AvgIpc) is 2.80. The highest BCUT2D eigenvalue weighted by Crippen LogP contribution is 2.38. The third kappa shape index (κ3) is 2.11. The molecule has 0 aromatic carbocycles. The third-order valence-electron chi connectivity index (χ3n) is 2.67. The summed E-state index contributed by atoms with van der Waals surface area (Å²) in [6, 6.07) is 2.45. The van der Waals surface area contributed by atoms with Gasteiger partial charge in [0, 0.05) is 10.9 Å². The first-order chi connectivity index (χ1) is 6.83. The van der Waals surface area contributed by atoms with E-state index in [-0.39, 0.29) is 0 Å². The van der Waals surface area contributed by atoms with Crippen molar-refractivity contribution in [1.82, 2.24) is 5.32 Å². The normalized spacial score (nSPS) is 24.0. The molecule has 1 N–H and O–H groups in total. The van der Waals surface area contributed by atoms with Gasteiger partial charge in [-0.05, 0) is 42.3 Å². The van der Waals surface area contributed by atoms with Gasteiger partial charge in [0.1, 0.15) is 0 Å². The van der Waals surface area contributed by atoms with E-state index in [1.165, 1.54) is 22.8 Å². The van der Waals surface area contributed by atoms with Crippen LogP contribution in [0.1, 0.15) is 17.3 Å². The Morgan fingerprint density at radius 2 is 2.50 bits per heavy atom. The summed E-state index contributed by atoms with van der Waals surface area (Å²) in [6.07, 6.45) is 1.31. The lowest BCUT2D eigenvalue weighted by molar-refractivity contribution is 0.426. The van der Waals surface area contributed by atoms with E-state index in [4.69, 9.17) is 11.6 Å². The van der Waals surface area contributed by atoms with Crippen molar-refractivity contribution in [2.45, 2.75) is 12.5 Å². The molecule has 0 spiro atoms. The maximum atomic E-state index is 6.16. The van der Waals surface area contributed by atoms with Gasteiger partial charge in [0.15, 0.2) is 0 Å². The molecule has 2 heterocycles. The molecule has 1 fully saturated rings. The van der Waals surface area contributed by atoms with Crippen LogP contribution in [0.15, 0.2) is 11.4 Å². The zero-order valence-corrected chi connectivity index (χ0v) is 10.5. The summed E-state index contributed by atoms with van der Waals surface area (Å²) in [5, 5.41) is 6.40. The number of thiophene rings is 1. The summed E-state index contributed by atoms with van der Waals surface area (Å²) in [6.45, 7) is 0. The average molecular weight is 248 g/mol. The summed E-state index contributed by atoms with van der Waals surface area (Å²) >= 11 is 9.97. The predicted molar refractivity (Wildman–Crippen MR) is 66.6 cm³/mol. The number of rotatable bonds is 3. The van der Waals surface area contributed by atoms with E-state index in [2.05, 4.69) is 22.5 Å². The van der Waals surface area contributed by atoms with Crippen molar-refractivity contribution in [2.24, 2.45) is 5.92 Å². The van der Waals surface area contributed by atoms with Crippen LogP contribution < -0.4 is 5.32 Å². The van der Waals surface area contributed by atoms with Crippen LogP contribution in [0.2, 0.25) is 5.02 Å². The number of hydrogen-bond acceptors (Lipinski definition) is 3. The molecular formula is C10H14ClNS2. The molecule has 0 saturated carbocycles. The molecule has 2 rings (SSSR count). The van der Waals surface area contributed by atoms with Gasteiger partial charge in [0.25, 0.3) is 0 Å². The van der Waals surface area contributed by atoms with E-state index in [0.717, 1.165) is 10.9 Å². The summed E-state index contributed by atoms with van der Waals surface area (Å²) in [5.41, 5.74) is 0. The van der Waals surface area contributed by atoms with Crippen molar-refractivity contribution in [3.8, 4) is 0 Å². The smallest absolute Gasteiger partial charge is 0.0561 e. The maximum Gasteiger partial charge on any atom is 0.0561 e. The van der Waals surface area contributed by atoms with E-state index in [1.54, 1.807) is 11.3 Å². The molecule has 1 aromatic rings. The van der Waals surface area contributed by atoms with E-state index in [1.807, 2.05) is 13.1 Å². The van der Waals surface area contributed by atoms with Crippen LogP contribution in [0.4, 0.5) is 0 Å². The lowest BCUT2D eigenvalue weighted by Crippen LogP contribution is -2.24. The Hall–Kier alpha value is 0.300. The minimum Gasteiger partial charge on any atom is -0.312 e. The molecule has 1 aromatic heterocycles. The Kier molecular flexibility index (Phi) is 3.77. The van der Waals surface area contributed by atoms with Gasteiger partial charge >= 0.3 is 0 Å². The minimum absolute atomic E-state index is 0.456. The number of halogens is 1. The lowest BCUT2D eigenvalue weighted by atomic mass is 9.98. The van der Waals surface area contributed by atoms with Crippen molar-refractivity contribution < 1.29 is 0 Å². The maximum absolute atomic E-state index is 6.16. The van der Waals surface area contributed by atoms with Crippen molar-refractivity contribution in [3.63, 3.8) is 0 Å². The summed E-state index contributed by atoms with van der Waals surface area (Å²) in [7, 11) is 2.03. The van der Waals surface area contributed by atoms with Crippen molar-refractivity contribution in [3.05, 3.63) is 21.3 Å². The number of hydrogen-bond donors (Lipinski definition) is 1. The predicted octanol–water partition coefficient (Wildman–Crippen LogP) is 3.42. The largest absolute Gasteiger partial charge is 0.312 e. The molecular weight excluding hydrogens is 234 g/mol. The Morgan fingerprint density at radius 1 is 1.64 bits per heavy atom. The van der Waals surface area contributed by atoms with E-state index < -0.39 is 0 Å². The molecule has 1 saturated heterocycles. The first kappa shape index (κ1) is 10.8. The van der Waals surface area contributed by atoms with Crippen molar-refractivity contribution in [2.75, 3.05) is 18.6 Å². The molecule has 78 valence electrons. The van der Waals surface area contributed by atoms with Crippen LogP contribution in [0, 0.1) is 5.92 Å². The molecule has 0 aliphatic carbocycles. The van der Waals surface area contributed by atoms with Gasteiger partial charge in [0.05, 0.1) is 5.02 Å². The van der Waals surface area contributed by atoms with Crippen molar-refractivity contribution >= 4 is 34.7 Å². The molecule has 1 aliphatic rings. The zero-order valence-electron chi connectivity index (χ0n) is 8.13. The molecule has 4 heteroatoms. The summed E-state index contributed by atoms with van der Waals surface area (Å²) in [4.78, 5) is 1.31. The van der Waals surface area contributed by atoms with Gasteiger partial charge in [-0.3, -0.25) is 0 Å². The van der Waals surface area contributed by atoms with E-state index in [9.17, 15) is 0 Å². The van der Waals surface area contributed by atoms with Gasteiger partial charge in [0.2, 0.25) is 0 Å². The Balaban J connectivity index is 2.16. The Labute approximate surface area is 98.2 Å². The highest BCUT2D eigenvalue weighted by atomic mass is 35.5. The van der Waals surface area contributed by atoms with Crippen molar-refractivity contribution in [1.29, 1.82) is 0 Å². The Bertz CT molecular complexity index is 294. The fourth-order valence-corrected chi connectivity index (χ4v) is 4.60. The van der Waals surface area contributed by atoms with Crippen LogP contribution in [0.3, 0.4) is 0 Å². The second-order valence-corrected chi connectivity index (χ2v) is 6.03. The molecule has 0 radical (unpaired) electrons. The second-order valence-electron chi connectivity index (χ2n) is 3.52. The number of nitrogens with one attached hydrogen (secondary N) is 1.